The molecule has 3 nitrogen and oxygen atoms in total. The number of nitrogens with zero attached hydrogens (tertiary/aromatic N) is 2. The van der Waals surface area contributed by atoms with Gasteiger partial charge in [-0.3, -0.25) is 0 Å². The van der Waals surface area contributed by atoms with Gasteiger partial charge in [0.2, 0.25) is 5.88 Å². The van der Waals surface area contributed by atoms with Crippen LogP contribution in [0.1, 0.15) is 0 Å². The van der Waals surface area contributed by atoms with Crippen molar-refractivity contribution in [2.75, 3.05) is 0 Å². The SMILES string of the molecule is Oc1nc(Cl)c(Br)nc1Br. The van der Waals surface area contributed by atoms with E-state index in [4.69, 9.17) is 16.7 Å². The molecule has 0 amide bonds. The van der Waals surface area contributed by atoms with Crippen molar-refractivity contribution in [3.05, 3.63) is 14.4 Å². The second-order valence-corrected chi connectivity index (χ2v) is 3.28. The van der Waals surface area contributed by atoms with Gasteiger partial charge in [-0.15, -0.1) is 0 Å². The zero-order valence-corrected chi connectivity index (χ0v) is 8.40. The zero-order valence-electron chi connectivity index (χ0n) is 4.48. The molecule has 0 bridgehead atoms. The average Bonchev–Trinajstić information content (AvgIpc) is 1.84. The molecule has 1 rings (SSSR count). The molecular weight excluding hydrogens is 287 g/mol. The largest absolute Gasteiger partial charge is 0.491 e. The van der Waals surface area contributed by atoms with Crippen molar-refractivity contribution in [2.45, 2.75) is 0 Å². The molecule has 1 N–H and O–H groups in total. The van der Waals surface area contributed by atoms with Crippen LogP contribution in [0.2, 0.25) is 5.15 Å². The highest BCUT2D eigenvalue weighted by atomic mass is 79.9. The van der Waals surface area contributed by atoms with E-state index in [-0.39, 0.29) is 15.6 Å². The van der Waals surface area contributed by atoms with E-state index in [1.165, 1.54) is 0 Å². The maximum absolute atomic E-state index is 8.90. The summed E-state index contributed by atoms with van der Waals surface area (Å²) in [5.41, 5.74) is 0. The molecule has 0 fully saturated rings. The Hall–Kier alpha value is 0.130. The van der Waals surface area contributed by atoms with Gasteiger partial charge in [0.05, 0.1) is 0 Å². The van der Waals surface area contributed by atoms with Crippen LogP contribution in [0, 0.1) is 0 Å². The van der Waals surface area contributed by atoms with E-state index in [0.29, 0.717) is 4.60 Å². The Morgan fingerprint density at radius 1 is 1.20 bits per heavy atom. The minimum absolute atomic E-state index is 0.140. The summed E-state index contributed by atoms with van der Waals surface area (Å²) >= 11 is 11.5. The second-order valence-electron chi connectivity index (χ2n) is 1.42. The minimum atomic E-state index is -0.215. The Balaban J connectivity index is 3.28. The van der Waals surface area contributed by atoms with Crippen molar-refractivity contribution in [3.63, 3.8) is 0 Å². The Morgan fingerprint density at radius 3 is 2.30 bits per heavy atom. The quantitative estimate of drug-likeness (QED) is 0.797. The molecule has 1 aromatic heterocycles. The lowest BCUT2D eigenvalue weighted by atomic mass is 10.7. The Bertz CT molecular complexity index is 217. The lowest BCUT2D eigenvalue weighted by molar-refractivity contribution is 0.445. The Morgan fingerprint density at radius 2 is 1.80 bits per heavy atom. The molecule has 0 atom stereocenters. The highest BCUT2D eigenvalue weighted by Gasteiger charge is 2.05. The third-order valence-electron chi connectivity index (χ3n) is 0.755. The van der Waals surface area contributed by atoms with Gasteiger partial charge in [-0.1, -0.05) is 11.6 Å². The number of aromatic hydroxyl groups is 1. The van der Waals surface area contributed by atoms with Gasteiger partial charge in [-0.05, 0) is 31.9 Å². The van der Waals surface area contributed by atoms with Crippen LogP contribution in [-0.4, -0.2) is 15.1 Å². The standard InChI is InChI=1S/C4HBr2ClN2O/c5-1-3(7)9-4(10)2(6)8-1/h(H,9,10). The molecule has 0 saturated carbocycles. The van der Waals surface area contributed by atoms with Gasteiger partial charge in [0.15, 0.2) is 9.76 Å². The van der Waals surface area contributed by atoms with Crippen LogP contribution in [0.5, 0.6) is 5.88 Å². The molecule has 0 spiro atoms. The first-order valence-electron chi connectivity index (χ1n) is 2.18. The van der Waals surface area contributed by atoms with Crippen LogP contribution in [0.3, 0.4) is 0 Å². The first-order valence-corrected chi connectivity index (χ1v) is 4.15. The van der Waals surface area contributed by atoms with Crippen molar-refractivity contribution in [2.24, 2.45) is 0 Å². The van der Waals surface area contributed by atoms with Crippen LogP contribution >= 0.6 is 43.5 Å². The molecule has 0 unspecified atom stereocenters. The summed E-state index contributed by atoms with van der Waals surface area (Å²) in [6.07, 6.45) is 0. The maximum atomic E-state index is 8.90. The molecule has 0 aliphatic carbocycles. The third kappa shape index (κ3) is 1.59. The lowest BCUT2D eigenvalue weighted by Crippen LogP contribution is -1.84. The molecule has 1 aromatic rings. The molecule has 10 heavy (non-hydrogen) atoms. The topological polar surface area (TPSA) is 46.0 Å². The molecule has 6 heteroatoms. The highest BCUT2D eigenvalue weighted by Crippen LogP contribution is 2.25. The fourth-order valence-electron chi connectivity index (χ4n) is 0.368. The lowest BCUT2D eigenvalue weighted by Gasteiger charge is -1.96. The number of hydrogen-bond acceptors (Lipinski definition) is 3. The van der Waals surface area contributed by atoms with Crippen LogP contribution in [0.4, 0.5) is 0 Å². The van der Waals surface area contributed by atoms with E-state index in [9.17, 15) is 0 Å². The van der Waals surface area contributed by atoms with E-state index in [1.54, 1.807) is 0 Å². The molecular formula is C4HBr2ClN2O. The number of aromatic nitrogens is 2. The van der Waals surface area contributed by atoms with Gasteiger partial charge in [-0.2, -0.15) is 4.98 Å². The van der Waals surface area contributed by atoms with Gasteiger partial charge in [-0.25, -0.2) is 4.98 Å². The number of halogens is 3. The van der Waals surface area contributed by atoms with Gasteiger partial charge >= 0.3 is 0 Å². The van der Waals surface area contributed by atoms with Crippen molar-refractivity contribution < 1.29 is 5.11 Å². The molecule has 0 aromatic carbocycles. The molecule has 1 heterocycles. The van der Waals surface area contributed by atoms with E-state index in [0.717, 1.165) is 0 Å². The summed E-state index contributed by atoms with van der Waals surface area (Å²) in [5, 5.41) is 9.04. The summed E-state index contributed by atoms with van der Waals surface area (Å²) < 4.78 is 0.669. The first kappa shape index (κ1) is 8.23. The van der Waals surface area contributed by atoms with Gasteiger partial charge in [0, 0.05) is 0 Å². The smallest absolute Gasteiger partial charge is 0.246 e. The molecule has 0 saturated heterocycles. The number of rotatable bonds is 0. The highest BCUT2D eigenvalue weighted by molar-refractivity contribution is 9.11. The molecule has 0 radical (unpaired) electrons. The van der Waals surface area contributed by atoms with Gasteiger partial charge in [0.1, 0.15) is 4.60 Å². The van der Waals surface area contributed by atoms with Crippen molar-refractivity contribution in [1.82, 2.24) is 9.97 Å². The van der Waals surface area contributed by atoms with E-state index >= 15 is 0 Å². The monoisotopic (exact) mass is 286 g/mol. The van der Waals surface area contributed by atoms with Crippen LogP contribution in [0.25, 0.3) is 0 Å². The van der Waals surface area contributed by atoms with Crippen molar-refractivity contribution in [3.8, 4) is 5.88 Å². The molecule has 54 valence electrons. The van der Waals surface area contributed by atoms with Crippen molar-refractivity contribution in [1.29, 1.82) is 0 Å². The minimum Gasteiger partial charge on any atom is -0.491 e. The normalized spacial score (nSPS) is 9.90. The Kier molecular flexibility index (Phi) is 2.49. The predicted octanol–water partition coefficient (Wildman–Crippen LogP) is 2.36. The van der Waals surface area contributed by atoms with E-state index in [2.05, 4.69) is 41.8 Å². The summed E-state index contributed by atoms with van der Waals surface area (Å²) in [6, 6.07) is 0. The molecule has 0 aliphatic heterocycles. The fourth-order valence-corrected chi connectivity index (χ4v) is 1.26. The summed E-state index contributed by atoms with van der Waals surface area (Å²) in [4.78, 5) is 7.30. The Labute approximate surface area is 78.7 Å². The van der Waals surface area contributed by atoms with Crippen molar-refractivity contribution >= 4 is 43.5 Å². The number of hydrogen-bond donors (Lipinski definition) is 1. The van der Waals surface area contributed by atoms with E-state index < -0.39 is 0 Å². The van der Waals surface area contributed by atoms with Crippen LogP contribution < -0.4 is 0 Å². The van der Waals surface area contributed by atoms with Gasteiger partial charge in [0.25, 0.3) is 0 Å². The van der Waals surface area contributed by atoms with E-state index in [1.807, 2.05) is 0 Å². The van der Waals surface area contributed by atoms with Crippen LogP contribution in [0.15, 0.2) is 9.21 Å². The third-order valence-corrected chi connectivity index (χ3v) is 2.33. The second kappa shape index (κ2) is 3.02. The predicted molar refractivity (Wildman–Crippen MR) is 44.1 cm³/mol. The average molecular weight is 288 g/mol. The van der Waals surface area contributed by atoms with Crippen LogP contribution in [-0.2, 0) is 0 Å². The summed E-state index contributed by atoms with van der Waals surface area (Å²) in [6.45, 7) is 0. The molecule has 0 aliphatic rings. The maximum Gasteiger partial charge on any atom is 0.246 e. The zero-order chi connectivity index (χ0) is 7.72. The summed E-state index contributed by atoms with van der Waals surface area (Å²) in [7, 11) is 0. The first-order chi connectivity index (χ1) is 4.61. The summed E-state index contributed by atoms with van der Waals surface area (Å²) in [5.74, 6) is -0.215. The fraction of sp³-hybridized carbons (Fsp3) is 0. The van der Waals surface area contributed by atoms with Gasteiger partial charge < -0.3 is 5.11 Å².